The van der Waals surface area contributed by atoms with Crippen LogP contribution >= 0.6 is 22.7 Å². The van der Waals surface area contributed by atoms with Crippen molar-refractivity contribution < 1.29 is 62.0 Å². The molecule has 21 nitrogen and oxygen atoms in total. The van der Waals surface area contributed by atoms with Crippen LogP contribution in [0.1, 0.15) is 220 Å². The number of aliphatic imine (C=N–C) groups is 1. The van der Waals surface area contributed by atoms with Gasteiger partial charge in [-0.2, -0.15) is 0 Å². The second-order valence-corrected chi connectivity index (χ2v) is 35.6. The largest absolute Gasteiger partial charge is 0.441 e. The van der Waals surface area contributed by atoms with Crippen LogP contribution in [0.4, 0.5) is 5.69 Å². The molecule has 2 N–H and O–H groups in total. The molecule has 16 rings (SSSR count). The molecule has 0 spiro atoms. The minimum absolute atomic E-state index is 0.00224. The monoisotopic (exact) mass is 1740 g/mol. The first-order chi connectivity index (χ1) is 60.3. The summed E-state index contributed by atoms with van der Waals surface area (Å²) in [5.41, 5.74) is 23.4. The highest BCUT2D eigenvalue weighted by Gasteiger charge is 2.34. The Bertz CT molecular complexity index is 6170. The van der Waals surface area contributed by atoms with E-state index in [1.807, 2.05) is 85.9 Å². The van der Waals surface area contributed by atoms with E-state index >= 15 is 0 Å². The van der Waals surface area contributed by atoms with E-state index in [0.717, 1.165) is 85.4 Å². The van der Waals surface area contributed by atoms with Gasteiger partial charge < -0.3 is 14.4 Å². The van der Waals surface area contributed by atoms with Crippen LogP contribution in [-0.4, -0.2) is 110 Å². The van der Waals surface area contributed by atoms with Crippen molar-refractivity contribution in [2.75, 3.05) is 0 Å². The molecule has 0 radical (unpaired) electrons. The molecule has 127 heavy (non-hydrogen) atoms. The van der Waals surface area contributed by atoms with Crippen LogP contribution < -0.4 is 0 Å². The number of thiazole rings is 2. The Hall–Kier alpha value is -12.9. The van der Waals surface area contributed by atoms with Gasteiger partial charge in [0, 0.05) is 201 Å². The number of carbonyl (C=O) groups excluding carboxylic acids is 12. The molecule has 9 aromatic rings. The van der Waals surface area contributed by atoms with Gasteiger partial charge in [0.1, 0.15) is 17.2 Å². The first-order valence-electron chi connectivity index (χ1n) is 42.8. The molecule has 4 aromatic carbocycles. The number of aromatic amines is 2. The van der Waals surface area contributed by atoms with Crippen molar-refractivity contribution >= 4 is 136 Å². The molecule has 6 aliphatic carbocycles. The summed E-state index contributed by atoms with van der Waals surface area (Å²) in [6.07, 6.45) is 14.4. The number of H-pyrrole nitrogens is 2. The van der Waals surface area contributed by atoms with E-state index in [-0.39, 0.29) is 69.4 Å². The predicted octanol–water partition coefficient (Wildman–Crippen LogP) is 20.8. The summed E-state index contributed by atoms with van der Waals surface area (Å²) >= 11 is 3.29. The predicted molar refractivity (Wildman–Crippen MR) is 499 cm³/mol. The SMILES string of the molecule is CC1=C(C)C(=O)C(CCCC2=Nc3cc(C)ccc3C2)=C(C)C1=O.CC1=C(C)C(=O)C(CCc2nc3ccccc3[nH]2)=C(C)C1=O.CC1=C(C)C(=O)C(CCc2nc3ccccc3o2)=C(C)C1=O.CC1=C(C)C(=O)C(CCc2nc3ccccc3s2)=C(C)C1=O.CC1=C(C)C(=O)C(CCc2ncc(C)s2)=C(C)C1=O.CC1=C(C)C(=O)C(CCc2ncc[nH]2)=C(C)C1=O. The van der Waals surface area contributed by atoms with Gasteiger partial charge in [0.25, 0.3) is 0 Å². The molecule has 7 aliphatic rings. The molecule has 0 amide bonds. The molecule has 0 saturated heterocycles. The van der Waals surface area contributed by atoms with Crippen LogP contribution in [0.2, 0.25) is 0 Å². The van der Waals surface area contributed by atoms with E-state index < -0.39 is 0 Å². The zero-order chi connectivity index (χ0) is 92.4. The summed E-state index contributed by atoms with van der Waals surface area (Å²) in [6, 6.07) is 29.8. The molecule has 0 bridgehead atoms. The summed E-state index contributed by atoms with van der Waals surface area (Å²) in [4.78, 5) is 181. The molecule has 0 fully saturated rings. The normalized spacial score (nSPS) is 16.6. The van der Waals surface area contributed by atoms with Gasteiger partial charge in [-0.1, -0.05) is 48.5 Å². The number of carbonyl (C=O) groups is 12. The van der Waals surface area contributed by atoms with Gasteiger partial charge in [0.05, 0.1) is 37.0 Å². The van der Waals surface area contributed by atoms with Crippen LogP contribution in [0, 0.1) is 13.8 Å². The number of nitrogens with one attached hydrogen (secondary N) is 2. The average molecular weight is 1740 g/mol. The fraction of sp³-hybridized carbons (Fsp3) is 0.327. The van der Waals surface area contributed by atoms with Crippen LogP contribution in [0.25, 0.3) is 32.3 Å². The second kappa shape index (κ2) is 41.1. The summed E-state index contributed by atoms with van der Waals surface area (Å²) in [7, 11) is 0. The number of Topliss-reactive ketones (excluding diaryl/α,β-unsaturated/α-hetero) is 12. The van der Waals surface area contributed by atoms with Gasteiger partial charge in [-0.15, -0.1) is 22.7 Å². The fourth-order valence-corrected chi connectivity index (χ4v) is 17.8. The third-order valence-corrected chi connectivity index (χ3v) is 27.1. The van der Waals surface area contributed by atoms with Gasteiger partial charge in [0.2, 0.25) is 0 Å². The van der Waals surface area contributed by atoms with Crippen molar-refractivity contribution in [2.45, 2.75) is 228 Å². The van der Waals surface area contributed by atoms with Crippen molar-refractivity contribution in [3.8, 4) is 0 Å². The molecule has 6 heterocycles. The molecule has 23 heteroatoms. The molecular weight excluding hydrogens is 1630 g/mol. The Balaban J connectivity index is 0.000000148. The minimum Gasteiger partial charge on any atom is -0.441 e. The highest BCUT2D eigenvalue weighted by Crippen LogP contribution is 2.37. The van der Waals surface area contributed by atoms with Gasteiger partial charge >= 0.3 is 0 Å². The average Bonchev–Trinajstić information content (AvgIpc) is 1.64. The van der Waals surface area contributed by atoms with Crippen LogP contribution in [0.15, 0.2) is 253 Å². The molecule has 1 aliphatic heterocycles. The van der Waals surface area contributed by atoms with Crippen LogP contribution in [0.5, 0.6) is 0 Å². The number of hydrogen-bond donors (Lipinski definition) is 2. The summed E-state index contributed by atoms with van der Waals surface area (Å²) in [6.45, 7) is 35.2. The summed E-state index contributed by atoms with van der Waals surface area (Å²) in [5, 5.41) is 2.02. The van der Waals surface area contributed by atoms with Crippen molar-refractivity contribution in [1.82, 2.24) is 34.9 Å². The summed E-state index contributed by atoms with van der Waals surface area (Å²) in [5.74, 6) is 2.23. The zero-order valence-corrected chi connectivity index (χ0v) is 77.7. The highest BCUT2D eigenvalue weighted by atomic mass is 32.1. The van der Waals surface area contributed by atoms with E-state index in [9.17, 15) is 57.5 Å². The van der Waals surface area contributed by atoms with Crippen LogP contribution in [-0.2, 0) is 96.1 Å². The molecule has 5 aromatic heterocycles. The number of fused-ring (bicyclic) bond motifs is 4. The number of aromatic nitrogens is 7. The van der Waals surface area contributed by atoms with E-state index in [4.69, 9.17) is 9.41 Å². The minimum atomic E-state index is -0.0373. The summed E-state index contributed by atoms with van der Waals surface area (Å²) < 4.78 is 6.82. The third kappa shape index (κ3) is 21.3. The van der Waals surface area contributed by atoms with E-state index in [1.165, 1.54) is 21.7 Å². The van der Waals surface area contributed by atoms with E-state index in [0.29, 0.717) is 204 Å². The van der Waals surface area contributed by atoms with Crippen molar-refractivity contribution in [2.24, 2.45) is 4.99 Å². The number of allylic oxidation sites excluding steroid dienone is 24. The Kier molecular flexibility index (Phi) is 30.7. The maximum absolute atomic E-state index is 12.4. The smallest absolute Gasteiger partial charge is 0.195 e. The lowest BCUT2D eigenvalue weighted by atomic mass is 9.84. The lowest BCUT2D eigenvalue weighted by Gasteiger charge is -2.18. The Labute approximate surface area is 748 Å². The first-order valence-corrected chi connectivity index (χ1v) is 44.4. The van der Waals surface area contributed by atoms with Crippen molar-refractivity contribution in [3.63, 3.8) is 0 Å². The standard InChI is InChI=1S/C21H23NO2.C18H18N2O2.C18H17NO3.C18H17NO2S.C15H17NO2S.C14H16N2O2/c1-12-8-9-16-11-17(22-19(16)10-12)6-5-7-18-15(4)20(23)13(2)14(3)21(18)24;1-10-11(2)18(22)13(12(3)17(10)21)8-9-16-19-14-6-4-5-7-15(14)20-16;2*1-10-11(2)18(21)13(12(3)17(10)20)8-9-16-19-14-6-4-5-7-15(14)22-16;1-8-7-16-13(19-8)6-5-12-11(4)14(17)9(2)10(3)15(12)18;1-8-9(2)14(18)11(10(3)13(8)17)4-5-12-15-6-7-16-12/h8-10H,5-7,11H2,1-4H3;4-7H,8-9H2,1-3H3,(H,19,20);2*4-7H,8-9H2,1-3H3;7H,5-6H2,1-4H3;6-7H,4-5H2,1-3H3,(H,15,16). The number of oxazole rings is 1. The van der Waals surface area contributed by atoms with Crippen LogP contribution in [0.3, 0.4) is 0 Å². The maximum Gasteiger partial charge on any atom is 0.195 e. The topological polar surface area (TPSA) is 326 Å². The molecule has 654 valence electrons. The number of ketones is 12. The van der Waals surface area contributed by atoms with Gasteiger partial charge in [-0.05, 0) is 243 Å². The number of rotatable bonds is 19. The number of nitrogens with zero attached hydrogens (tertiary/aromatic N) is 6. The van der Waals surface area contributed by atoms with Crippen molar-refractivity contribution in [1.29, 1.82) is 0 Å². The Morgan fingerprint density at radius 2 is 0.740 bits per heavy atom. The first kappa shape index (κ1) is 94.8. The number of para-hydroxylation sites is 5. The molecule has 0 unspecified atom stereocenters. The van der Waals surface area contributed by atoms with E-state index in [1.54, 1.807) is 160 Å². The third-order valence-electron chi connectivity index (χ3n) is 25.0. The fourth-order valence-electron chi connectivity index (χ4n) is 16.0. The Morgan fingerprint density at radius 3 is 1.17 bits per heavy atom. The lowest BCUT2D eigenvalue weighted by Crippen LogP contribution is -2.21. The zero-order valence-electron chi connectivity index (χ0n) is 76.1. The highest BCUT2D eigenvalue weighted by molar-refractivity contribution is 7.18. The van der Waals surface area contributed by atoms with Gasteiger partial charge in [-0.25, -0.2) is 24.9 Å². The molecular formula is C104H108N8O13S2. The molecule has 0 atom stereocenters. The van der Waals surface area contributed by atoms with E-state index in [2.05, 4.69) is 60.0 Å². The second-order valence-electron chi connectivity index (χ2n) is 33.2. The maximum atomic E-state index is 12.4. The number of benzene rings is 4. The molecule has 0 saturated carbocycles. The quantitative estimate of drug-likeness (QED) is 0.0710. The van der Waals surface area contributed by atoms with Crippen molar-refractivity contribution in [3.05, 3.63) is 287 Å². The lowest BCUT2D eigenvalue weighted by molar-refractivity contribution is -0.116. The van der Waals surface area contributed by atoms with Gasteiger partial charge in [-0.3, -0.25) is 62.5 Å². The number of imidazole rings is 2. The number of hydrogen-bond acceptors (Lipinski definition) is 21. The number of aryl methyl sites for hydroxylation is 7. The van der Waals surface area contributed by atoms with Gasteiger partial charge in [0.15, 0.2) is 80.9 Å². The Morgan fingerprint density at radius 1 is 0.339 bits per heavy atom.